The van der Waals surface area contributed by atoms with Crippen molar-refractivity contribution in [1.82, 2.24) is 0 Å². The smallest absolute Gasteiger partial charge is 0.379 e. The average molecular weight is 289 g/mol. The van der Waals surface area contributed by atoms with Crippen molar-refractivity contribution in [3.05, 3.63) is 29.3 Å². The molecular weight excluding hydrogens is 276 g/mol. The van der Waals surface area contributed by atoms with Crippen LogP contribution in [0.2, 0.25) is 0 Å². The quantitative estimate of drug-likeness (QED) is 0.704. The maximum atomic E-state index is 13.7. The van der Waals surface area contributed by atoms with Gasteiger partial charge in [-0.25, -0.2) is 9.59 Å². The number of hydrogen-bond donors (Lipinski definition) is 3. The van der Waals surface area contributed by atoms with Gasteiger partial charge in [-0.3, -0.25) is 0 Å². The lowest BCUT2D eigenvalue weighted by atomic mass is 9.99. The number of halogens is 2. The molecule has 1 aromatic rings. The maximum Gasteiger partial charge on any atom is 0.379 e. The van der Waals surface area contributed by atoms with Gasteiger partial charge in [-0.2, -0.15) is 8.78 Å². The molecule has 0 aliphatic carbocycles. The van der Waals surface area contributed by atoms with Crippen LogP contribution in [0.5, 0.6) is 5.75 Å². The Morgan fingerprint density at radius 1 is 1.45 bits per heavy atom. The van der Waals surface area contributed by atoms with Crippen LogP contribution in [0.25, 0.3) is 0 Å². The van der Waals surface area contributed by atoms with Crippen molar-refractivity contribution >= 4 is 11.9 Å². The molecule has 8 heteroatoms. The molecule has 1 atom stereocenters. The summed E-state index contributed by atoms with van der Waals surface area (Å²) in [4.78, 5) is 22.0. The number of aromatic carboxylic acids is 1. The molecule has 0 bridgehead atoms. The molecule has 0 saturated carbocycles. The Bertz CT molecular complexity index is 533. The zero-order chi connectivity index (χ0) is 15.5. The fourth-order valence-electron chi connectivity index (χ4n) is 1.48. The first-order valence-electron chi connectivity index (χ1n) is 5.58. The third-order valence-corrected chi connectivity index (χ3v) is 2.55. The van der Waals surface area contributed by atoms with Crippen molar-refractivity contribution in [3.8, 4) is 5.75 Å². The summed E-state index contributed by atoms with van der Waals surface area (Å²) in [6.45, 7) is 1.12. The predicted molar refractivity (Wildman–Crippen MR) is 63.6 cm³/mol. The van der Waals surface area contributed by atoms with Gasteiger partial charge in [0.15, 0.2) is 0 Å². The number of hydrogen-bond acceptors (Lipinski definition) is 5. The summed E-state index contributed by atoms with van der Waals surface area (Å²) in [6, 6.07) is 0.634. The summed E-state index contributed by atoms with van der Waals surface area (Å²) in [6.07, 6.45) is 0. The maximum absolute atomic E-state index is 13.7. The number of alkyl halides is 2. The van der Waals surface area contributed by atoms with Gasteiger partial charge in [0.25, 0.3) is 0 Å². The van der Waals surface area contributed by atoms with Gasteiger partial charge in [0.1, 0.15) is 17.4 Å². The lowest BCUT2D eigenvalue weighted by molar-refractivity contribution is -0.174. The second-order valence-corrected chi connectivity index (χ2v) is 3.90. The Morgan fingerprint density at radius 2 is 2.05 bits per heavy atom. The second-order valence-electron chi connectivity index (χ2n) is 3.90. The van der Waals surface area contributed by atoms with Crippen LogP contribution in [0, 0.1) is 0 Å². The van der Waals surface area contributed by atoms with E-state index in [2.05, 4.69) is 4.74 Å². The van der Waals surface area contributed by atoms with Gasteiger partial charge in [0, 0.05) is 0 Å². The number of esters is 1. The SMILES string of the molecule is CCOC(=O)C(F)(F)[C@H](N)c1ccc(O)c(C(=O)O)c1. The summed E-state index contributed by atoms with van der Waals surface area (Å²) < 4.78 is 31.6. The highest BCUT2D eigenvalue weighted by molar-refractivity contribution is 5.91. The molecule has 0 aliphatic heterocycles. The van der Waals surface area contributed by atoms with E-state index in [4.69, 9.17) is 10.8 Å². The van der Waals surface area contributed by atoms with E-state index in [1.807, 2.05) is 0 Å². The molecule has 0 fully saturated rings. The highest BCUT2D eigenvalue weighted by Gasteiger charge is 2.47. The predicted octanol–water partition coefficient (Wildman–Crippen LogP) is 1.29. The molecule has 0 aliphatic rings. The van der Waals surface area contributed by atoms with E-state index in [-0.39, 0.29) is 12.2 Å². The fourth-order valence-corrected chi connectivity index (χ4v) is 1.48. The van der Waals surface area contributed by atoms with Crippen LogP contribution in [-0.4, -0.2) is 34.7 Å². The van der Waals surface area contributed by atoms with Crippen LogP contribution < -0.4 is 5.73 Å². The fraction of sp³-hybridized carbons (Fsp3) is 0.333. The van der Waals surface area contributed by atoms with E-state index in [0.29, 0.717) is 0 Å². The monoisotopic (exact) mass is 289 g/mol. The van der Waals surface area contributed by atoms with Gasteiger partial charge in [-0.05, 0) is 24.6 Å². The zero-order valence-corrected chi connectivity index (χ0v) is 10.5. The third kappa shape index (κ3) is 3.02. The summed E-state index contributed by atoms with van der Waals surface area (Å²) >= 11 is 0. The van der Waals surface area contributed by atoms with Gasteiger partial charge < -0.3 is 20.7 Å². The molecule has 1 rings (SSSR count). The van der Waals surface area contributed by atoms with Crippen molar-refractivity contribution in [1.29, 1.82) is 0 Å². The second kappa shape index (κ2) is 5.83. The van der Waals surface area contributed by atoms with Crippen molar-refractivity contribution < 1.29 is 33.3 Å². The average Bonchev–Trinajstić information content (AvgIpc) is 2.38. The molecule has 6 nitrogen and oxygen atoms in total. The highest BCUT2D eigenvalue weighted by atomic mass is 19.3. The normalized spacial score (nSPS) is 12.8. The zero-order valence-electron chi connectivity index (χ0n) is 10.5. The number of nitrogens with two attached hydrogens (primary N) is 1. The van der Waals surface area contributed by atoms with E-state index >= 15 is 0 Å². The van der Waals surface area contributed by atoms with E-state index in [1.54, 1.807) is 0 Å². The number of benzene rings is 1. The minimum Gasteiger partial charge on any atom is -0.507 e. The number of carboxylic acids is 1. The molecular formula is C12H13F2NO5. The molecule has 0 saturated heterocycles. The molecule has 0 spiro atoms. The molecule has 0 amide bonds. The van der Waals surface area contributed by atoms with Crippen LogP contribution in [0.3, 0.4) is 0 Å². The summed E-state index contributed by atoms with van der Waals surface area (Å²) in [5, 5.41) is 18.1. The third-order valence-electron chi connectivity index (χ3n) is 2.55. The van der Waals surface area contributed by atoms with Crippen molar-refractivity contribution in [2.45, 2.75) is 18.9 Å². The van der Waals surface area contributed by atoms with Crippen LogP contribution >= 0.6 is 0 Å². The Labute approximate surface area is 112 Å². The summed E-state index contributed by atoms with van der Waals surface area (Å²) in [7, 11) is 0. The van der Waals surface area contributed by atoms with Crippen LogP contribution in [0.4, 0.5) is 8.78 Å². The molecule has 0 radical (unpaired) electrons. The van der Waals surface area contributed by atoms with Gasteiger partial charge in [-0.15, -0.1) is 0 Å². The first-order chi connectivity index (χ1) is 9.21. The van der Waals surface area contributed by atoms with Crippen LogP contribution in [-0.2, 0) is 9.53 Å². The Hall–Kier alpha value is -2.22. The molecule has 110 valence electrons. The Balaban J connectivity index is 3.14. The highest BCUT2D eigenvalue weighted by Crippen LogP contribution is 2.32. The topological polar surface area (TPSA) is 110 Å². The Morgan fingerprint density at radius 3 is 2.55 bits per heavy atom. The number of carboxylic acid groups (broad SMARTS) is 1. The number of carbonyl (C=O) groups excluding carboxylic acids is 1. The molecule has 0 heterocycles. The van der Waals surface area contributed by atoms with E-state index < -0.39 is 35.2 Å². The standard InChI is InChI=1S/C12H13F2NO5/c1-2-20-11(19)12(13,14)9(15)6-3-4-8(16)7(5-6)10(17)18/h3-5,9,16H,2,15H2,1H3,(H,17,18)/t9-/m1/s1. The molecule has 1 aromatic carbocycles. The van der Waals surface area contributed by atoms with E-state index in [9.17, 15) is 23.5 Å². The first-order valence-corrected chi connectivity index (χ1v) is 5.58. The first kappa shape index (κ1) is 15.8. The molecule has 0 aromatic heterocycles. The van der Waals surface area contributed by atoms with Crippen LogP contribution in [0.1, 0.15) is 28.9 Å². The Kier molecular flexibility index (Phi) is 4.61. The lowest BCUT2D eigenvalue weighted by Crippen LogP contribution is -2.41. The molecule has 4 N–H and O–H groups in total. The summed E-state index contributed by atoms with van der Waals surface area (Å²) in [5.74, 6) is -7.90. The summed E-state index contributed by atoms with van der Waals surface area (Å²) in [5.41, 5.74) is 4.40. The minimum absolute atomic E-state index is 0.239. The van der Waals surface area contributed by atoms with Gasteiger partial charge in [-0.1, -0.05) is 6.07 Å². The van der Waals surface area contributed by atoms with E-state index in [0.717, 1.165) is 18.2 Å². The van der Waals surface area contributed by atoms with Gasteiger partial charge >= 0.3 is 17.9 Å². The largest absolute Gasteiger partial charge is 0.507 e. The number of ether oxygens (including phenoxy) is 1. The lowest BCUT2D eigenvalue weighted by Gasteiger charge is -2.22. The van der Waals surface area contributed by atoms with Gasteiger partial charge in [0.2, 0.25) is 0 Å². The number of phenols is 1. The van der Waals surface area contributed by atoms with E-state index in [1.165, 1.54) is 6.92 Å². The number of carbonyl (C=O) groups is 2. The molecule has 0 unspecified atom stereocenters. The van der Waals surface area contributed by atoms with Gasteiger partial charge in [0.05, 0.1) is 6.61 Å². The van der Waals surface area contributed by atoms with Crippen molar-refractivity contribution in [3.63, 3.8) is 0 Å². The van der Waals surface area contributed by atoms with Crippen molar-refractivity contribution in [2.24, 2.45) is 5.73 Å². The number of rotatable bonds is 5. The number of aromatic hydroxyl groups is 1. The van der Waals surface area contributed by atoms with Crippen LogP contribution in [0.15, 0.2) is 18.2 Å². The minimum atomic E-state index is -4.01. The molecule has 20 heavy (non-hydrogen) atoms. The van der Waals surface area contributed by atoms with Crippen molar-refractivity contribution in [2.75, 3.05) is 6.61 Å².